The van der Waals surface area contributed by atoms with Crippen LogP contribution in [0.1, 0.15) is 32.1 Å². The number of amides is 2. The molecular formula is C14H16ClFN2O3. The van der Waals surface area contributed by atoms with Crippen LogP contribution in [-0.2, 0) is 4.79 Å². The minimum atomic E-state index is -1.24. The van der Waals surface area contributed by atoms with Crippen molar-refractivity contribution >= 4 is 29.3 Å². The lowest BCUT2D eigenvalue weighted by Gasteiger charge is -2.33. The maximum Gasteiger partial charge on any atom is 0.329 e. The summed E-state index contributed by atoms with van der Waals surface area (Å²) in [7, 11) is 0. The summed E-state index contributed by atoms with van der Waals surface area (Å²) in [6, 6.07) is 3.18. The first kappa shape index (κ1) is 15.6. The number of carbonyl (C=O) groups is 2. The van der Waals surface area contributed by atoms with E-state index in [0.717, 1.165) is 25.3 Å². The number of rotatable bonds is 3. The molecule has 1 fully saturated rings. The highest BCUT2D eigenvalue weighted by atomic mass is 35.5. The molecule has 0 saturated heterocycles. The van der Waals surface area contributed by atoms with E-state index >= 15 is 0 Å². The van der Waals surface area contributed by atoms with Gasteiger partial charge in [-0.25, -0.2) is 14.0 Å². The molecular weight excluding hydrogens is 299 g/mol. The number of hydrogen-bond donors (Lipinski definition) is 3. The van der Waals surface area contributed by atoms with E-state index in [1.807, 2.05) is 0 Å². The fourth-order valence-corrected chi connectivity index (χ4v) is 2.62. The first-order valence-corrected chi connectivity index (χ1v) is 7.08. The predicted molar refractivity (Wildman–Crippen MR) is 77.0 cm³/mol. The molecule has 0 radical (unpaired) electrons. The smallest absolute Gasteiger partial charge is 0.329 e. The highest BCUT2D eigenvalue weighted by molar-refractivity contribution is 6.30. The Bertz CT molecular complexity index is 559. The fraction of sp³-hybridized carbons (Fsp3) is 0.429. The predicted octanol–water partition coefficient (Wildman–Crippen LogP) is 3.39. The van der Waals surface area contributed by atoms with Gasteiger partial charge in [-0.05, 0) is 31.0 Å². The molecule has 0 bridgehead atoms. The Morgan fingerprint density at radius 3 is 2.48 bits per heavy atom. The molecule has 1 saturated carbocycles. The van der Waals surface area contributed by atoms with Gasteiger partial charge in [0.2, 0.25) is 0 Å². The van der Waals surface area contributed by atoms with E-state index in [-0.39, 0.29) is 10.7 Å². The number of halogens is 2. The molecule has 1 aliphatic rings. The lowest BCUT2D eigenvalue weighted by atomic mass is 9.82. The Labute approximate surface area is 126 Å². The molecule has 5 nitrogen and oxygen atoms in total. The Morgan fingerprint density at radius 1 is 1.24 bits per heavy atom. The SMILES string of the molecule is O=C(Nc1ccc(Cl)c(F)c1)NC1(C(=O)O)CCCCC1. The summed E-state index contributed by atoms with van der Waals surface area (Å²) in [5, 5.41) is 14.3. The van der Waals surface area contributed by atoms with Crippen LogP contribution in [-0.4, -0.2) is 22.6 Å². The van der Waals surface area contributed by atoms with Gasteiger partial charge in [0.15, 0.2) is 0 Å². The van der Waals surface area contributed by atoms with Crippen LogP contribution in [0, 0.1) is 5.82 Å². The van der Waals surface area contributed by atoms with Gasteiger partial charge in [-0.2, -0.15) is 0 Å². The van der Waals surface area contributed by atoms with Crippen molar-refractivity contribution in [2.24, 2.45) is 0 Å². The number of benzene rings is 1. The molecule has 1 aromatic carbocycles. The van der Waals surface area contributed by atoms with Gasteiger partial charge in [0.1, 0.15) is 11.4 Å². The zero-order valence-electron chi connectivity index (χ0n) is 11.3. The van der Waals surface area contributed by atoms with Crippen LogP contribution >= 0.6 is 11.6 Å². The molecule has 21 heavy (non-hydrogen) atoms. The lowest BCUT2D eigenvalue weighted by Crippen LogP contribution is -2.56. The van der Waals surface area contributed by atoms with E-state index in [9.17, 15) is 19.1 Å². The molecule has 1 aliphatic carbocycles. The van der Waals surface area contributed by atoms with Gasteiger partial charge in [0, 0.05) is 5.69 Å². The zero-order valence-corrected chi connectivity index (χ0v) is 12.0. The van der Waals surface area contributed by atoms with Crippen LogP contribution in [0.5, 0.6) is 0 Å². The Kier molecular flexibility index (Phi) is 4.67. The Morgan fingerprint density at radius 2 is 1.90 bits per heavy atom. The number of nitrogens with one attached hydrogen (secondary N) is 2. The third-order valence-electron chi connectivity index (χ3n) is 3.65. The van der Waals surface area contributed by atoms with Gasteiger partial charge in [0.25, 0.3) is 0 Å². The summed E-state index contributed by atoms with van der Waals surface area (Å²) < 4.78 is 13.3. The van der Waals surface area contributed by atoms with Crippen molar-refractivity contribution in [3.63, 3.8) is 0 Å². The summed E-state index contributed by atoms with van der Waals surface area (Å²) in [6.45, 7) is 0. The summed E-state index contributed by atoms with van der Waals surface area (Å²) in [5.41, 5.74) is -1.03. The molecule has 0 aliphatic heterocycles. The summed E-state index contributed by atoms with van der Waals surface area (Å²) >= 11 is 5.56. The zero-order chi connectivity index (χ0) is 15.5. The summed E-state index contributed by atoms with van der Waals surface area (Å²) in [4.78, 5) is 23.4. The van der Waals surface area contributed by atoms with E-state index in [1.165, 1.54) is 12.1 Å². The van der Waals surface area contributed by atoms with E-state index < -0.39 is 23.4 Å². The van der Waals surface area contributed by atoms with Crippen LogP contribution in [0.2, 0.25) is 5.02 Å². The van der Waals surface area contributed by atoms with Crippen LogP contribution in [0.15, 0.2) is 18.2 Å². The fourth-order valence-electron chi connectivity index (χ4n) is 2.50. The van der Waals surface area contributed by atoms with Gasteiger partial charge in [-0.1, -0.05) is 30.9 Å². The van der Waals surface area contributed by atoms with Gasteiger partial charge < -0.3 is 15.7 Å². The maximum absolute atomic E-state index is 13.3. The average molecular weight is 315 g/mol. The molecule has 0 spiro atoms. The minimum Gasteiger partial charge on any atom is -0.480 e. The van der Waals surface area contributed by atoms with Crippen LogP contribution in [0.25, 0.3) is 0 Å². The van der Waals surface area contributed by atoms with E-state index in [1.54, 1.807) is 0 Å². The monoisotopic (exact) mass is 314 g/mol. The van der Waals surface area contributed by atoms with Crippen LogP contribution in [0.4, 0.5) is 14.9 Å². The van der Waals surface area contributed by atoms with E-state index in [4.69, 9.17) is 11.6 Å². The topological polar surface area (TPSA) is 78.4 Å². The van der Waals surface area contributed by atoms with Crippen molar-refractivity contribution in [3.05, 3.63) is 29.0 Å². The standard InChI is InChI=1S/C14H16ClFN2O3/c15-10-5-4-9(8-11(10)16)17-13(21)18-14(12(19)20)6-2-1-3-7-14/h4-5,8H,1-3,6-7H2,(H,19,20)(H2,17,18,21). The number of urea groups is 1. The first-order valence-electron chi connectivity index (χ1n) is 6.70. The van der Waals surface area contributed by atoms with Crippen molar-refractivity contribution in [1.29, 1.82) is 0 Å². The van der Waals surface area contributed by atoms with Gasteiger partial charge in [0.05, 0.1) is 5.02 Å². The quantitative estimate of drug-likeness (QED) is 0.800. The first-order chi connectivity index (χ1) is 9.93. The van der Waals surface area contributed by atoms with E-state index in [0.29, 0.717) is 12.8 Å². The number of carboxylic acids is 1. The molecule has 7 heteroatoms. The molecule has 0 aromatic heterocycles. The number of carbonyl (C=O) groups excluding carboxylic acids is 1. The van der Waals surface area contributed by atoms with Gasteiger partial charge >= 0.3 is 12.0 Å². The number of aliphatic carboxylic acids is 1. The highest BCUT2D eigenvalue weighted by Crippen LogP contribution is 2.28. The number of anilines is 1. The molecule has 0 atom stereocenters. The Balaban J connectivity index is 2.05. The van der Waals surface area contributed by atoms with Crippen molar-refractivity contribution in [2.75, 3.05) is 5.32 Å². The largest absolute Gasteiger partial charge is 0.480 e. The van der Waals surface area contributed by atoms with Crippen molar-refractivity contribution in [3.8, 4) is 0 Å². The molecule has 114 valence electrons. The second-order valence-corrected chi connectivity index (χ2v) is 5.56. The number of carboxylic acid groups (broad SMARTS) is 1. The second-order valence-electron chi connectivity index (χ2n) is 5.16. The molecule has 2 amide bonds. The highest BCUT2D eigenvalue weighted by Gasteiger charge is 2.40. The van der Waals surface area contributed by atoms with Crippen molar-refractivity contribution in [1.82, 2.24) is 5.32 Å². The summed E-state index contributed by atoms with van der Waals surface area (Å²) in [6.07, 6.45) is 3.25. The lowest BCUT2D eigenvalue weighted by molar-refractivity contribution is -0.145. The average Bonchev–Trinajstić information content (AvgIpc) is 2.43. The Hall–Kier alpha value is -1.82. The third-order valence-corrected chi connectivity index (χ3v) is 3.95. The third kappa shape index (κ3) is 3.64. The normalized spacial score (nSPS) is 17.0. The maximum atomic E-state index is 13.3. The molecule has 0 heterocycles. The van der Waals surface area contributed by atoms with Crippen molar-refractivity contribution < 1.29 is 19.1 Å². The van der Waals surface area contributed by atoms with Crippen molar-refractivity contribution in [2.45, 2.75) is 37.6 Å². The van der Waals surface area contributed by atoms with Gasteiger partial charge in [-0.15, -0.1) is 0 Å². The molecule has 0 unspecified atom stereocenters. The molecule has 1 aromatic rings. The van der Waals surface area contributed by atoms with Gasteiger partial charge in [-0.3, -0.25) is 0 Å². The second kappa shape index (κ2) is 6.30. The number of hydrogen-bond acceptors (Lipinski definition) is 2. The van der Waals surface area contributed by atoms with E-state index in [2.05, 4.69) is 10.6 Å². The molecule has 2 rings (SSSR count). The minimum absolute atomic E-state index is 0.0461. The van der Waals surface area contributed by atoms with Crippen LogP contribution < -0.4 is 10.6 Å². The summed E-state index contributed by atoms with van der Waals surface area (Å²) in [5.74, 6) is -1.69. The van der Waals surface area contributed by atoms with Crippen LogP contribution in [0.3, 0.4) is 0 Å². The molecule has 3 N–H and O–H groups in total.